The molecule has 0 aliphatic carbocycles. The molecule has 0 saturated heterocycles. The molecular weight excluding hydrogens is 192 g/mol. The second-order valence-corrected chi connectivity index (χ2v) is 4.49. The van der Waals surface area contributed by atoms with Gasteiger partial charge in [-0.1, -0.05) is 6.92 Å². The number of nitrogens with two attached hydrogens (primary N) is 1. The van der Waals surface area contributed by atoms with E-state index in [1.165, 1.54) is 11.3 Å². The van der Waals surface area contributed by atoms with Crippen LogP contribution in [0.3, 0.4) is 0 Å². The Hall–Kier alpha value is -0.260. The molecule has 1 unspecified atom stereocenters. The van der Waals surface area contributed by atoms with E-state index in [0.29, 0.717) is 16.6 Å². The highest BCUT2D eigenvalue weighted by Crippen LogP contribution is 2.21. The number of aromatic nitrogens is 1. The van der Waals surface area contributed by atoms with Gasteiger partial charge in [-0.25, -0.2) is 4.98 Å². The number of nitrogen functional groups attached to an aromatic ring is 1. The predicted octanol–water partition coefficient (Wildman–Crippen LogP) is 1.51. The summed E-state index contributed by atoms with van der Waals surface area (Å²) in [4.78, 5) is 4.00. The molecule has 1 rings (SSSR count). The van der Waals surface area contributed by atoms with E-state index >= 15 is 0 Å². The highest BCUT2D eigenvalue weighted by atomic mass is 32.2. The Bertz CT molecular complexity index is 239. The van der Waals surface area contributed by atoms with Crippen LogP contribution in [0.1, 0.15) is 18.7 Å². The van der Waals surface area contributed by atoms with Crippen LogP contribution in [0.5, 0.6) is 0 Å². The first-order valence-corrected chi connectivity index (χ1v) is 5.74. The van der Waals surface area contributed by atoms with Crippen molar-refractivity contribution in [1.82, 2.24) is 4.98 Å². The summed E-state index contributed by atoms with van der Waals surface area (Å²) < 4.78 is 0. The average molecular weight is 204 g/mol. The number of hydrogen-bond acceptors (Lipinski definition) is 5. The fourth-order valence-corrected chi connectivity index (χ4v) is 2.01. The number of nitrogens with zero attached hydrogens (tertiary/aromatic N) is 1. The van der Waals surface area contributed by atoms with Crippen LogP contribution < -0.4 is 5.73 Å². The summed E-state index contributed by atoms with van der Waals surface area (Å²) in [6, 6.07) is 0. The lowest BCUT2D eigenvalue weighted by molar-refractivity contribution is 0.200. The molecule has 0 amide bonds. The summed E-state index contributed by atoms with van der Waals surface area (Å²) in [5.74, 6) is 1.70. The molecule has 3 nitrogen and oxygen atoms in total. The number of hydrogen-bond donors (Lipinski definition) is 2. The molecule has 1 heterocycles. The molecule has 0 bridgehead atoms. The first-order chi connectivity index (χ1) is 5.74. The van der Waals surface area contributed by atoms with Gasteiger partial charge < -0.3 is 10.8 Å². The first-order valence-electron chi connectivity index (χ1n) is 3.70. The van der Waals surface area contributed by atoms with E-state index in [4.69, 9.17) is 5.73 Å². The van der Waals surface area contributed by atoms with Crippen molar-refractivity contribution < 1.29 is 5.11 Å². The highest BCUT2D eigenvalue weighted by molar-refractivity contribution is 7.99. The fourth-order valence-electron chi connectivity index (χ4n) is 0.769. The third-order valence-corrected chi connectivity index (χ3v) is 3.01. The van der Waals surface area contributed by atoms with Crippen LogP contribution in [-0.2, 0) is 0 Å². The Morgan fingerprint density at radius 1 is 1.83 bits per heavy atom. The Morgan fingerprint density at radius 2 is 2.58 bits per heavy atom. The zero-order chi connectivity index (χ0) is 8.97. The summed E-state index contributed by atoms with van der Waals surface area (Å²) in [5.41, 5.74) is 6.13. The molecular formula is C7H12N2OS2. The average Bonchev–Trinajstić information content (AvgIpc) is 2.47. The van der Waals surface area contributed by atoms with E-state index in [-0.39, 0.29) is 0 Å². The van der Waals surface area contributed by atoms with Crippen molar-refractivity contribution in [2.75, 3.05) is 17.2 Å². The van der Waals surface area contributed by atoms with Gasteiger partial charge in [-0.05, 0) is 5.75 Å². The van der Waals surface area contributed by atoms with Gasteiger partial charge in [0.2, 0.25) is 0 Å². The Morgan fingerprint density at radius 3 is 3.08 bits per heavy atom. The molecule has 5 heteroatoms. The quantitative estimate of drug-likeness (QED) is 0.780. The summed E-state index contributed by atoms with van der Waals surface area (Å²) in [7, 11) is 0. The van der Waals surface area contributed by atoms with E-state index < -0.39 is 6.10 Å². The minimum atomic E-state index is -0.469. The minimum Gasteiger partial charge on any atom is -0.386 e. The molecule has 1 atom stereocenters. The van der Waals surface area contributed by atoms with E-state index in [2.05, 4.69) is 11.9 Å². The number of aliphatic hydroxyl groups excluding tert-OH is 1. The molecule has 0 radical (unpaired) electrons. The zero-order valence-corrected chi connectivity index (χ0v) is 8.49. The second kappa shape index (κ2) is 4.69. The van der Waals surface area contributed by atoms with Gasteiger partial charge in [-0.3, -0.25) is 0 Å². The minimum absolute atomic E-state index is 0.469. The molecule has 0 saturated carbocycles. The lowest BCUT2D eigenvalue weighted by Crippen LogP contribution is -2.01. The molecule has 0 aliphatic rings. The Labute approximate surface area is 80.0 Å². The van der Waals surface area contributed by atoms with Crippen molar-refractivity contribution in [2.45, 2.75) is 13.0 Å². The van der Waals surface area contributed by atoms with Crippen molar-refractivity contribution >= 4 is 28.2 Å². The van der Waals surface area contributed by atoms with Crippen molar-refractivity contribution in [3.63, 3.8) is 0 Å². The first kappa shape index (κ1) is 9.83. The number of anilines is 1. The normalized spacial score (nSPS) is 13.2. The Kier molecular flexibility index (Phi) is 3.84. The SMILES string of the molecule is CCSCC(O)c1csc(N)n1. The summed E-state index contributed by atoms with van der Waals surface area (Å²) >= 11 is 3.06. The molecule has 68 valence electrons. The molecule has 0 spiro atoms. The lowest BCUT2D eigenvalue weighted by Gasteiger charge is -2.04. The summed E-state index contributed by atoms with van der Waals surface area (Å²) in [6.07, 6.45) is -0.469. The van der Waals surface area contributed by atoms with Gasteiger partial charge in [0, 0.05) is 11.1 Å². The standard InChI is InChI=1S/C7H12N2OS2/c1-2-11-4-6(10)5-3-12-7(8)9-5/h3,6,10H,2,4H2,1H3,(H2,8,9). The van der Waals surface area contributed by atoms with Gasteiger partial charge in [0.25, 0.3) is 0 Å². The van der Waals surface area contributed by atoms with Crippen LogP contribution in [-0.4, -0.2) is 21.6 Å². The molecule has 0 fully saturated rings. The molecule has 0 aliphatic heterocycles. The van der Waals surface area contributed by atoms with Gasteiger partial charge >= 0.3 is 0 Å². The summed E-state index contributed by atoms with van der Waals surface area (Å²) in [6.45, 7) is 2.06. The smallest absolute Gasteiger partial charge is 0.180 e. The summed E-state index contributed by atoms with van der Waals surface area (Å²) in [5, 5.41) is 11.9. The van der Waals surface area contributed by atoms with E-state index in [1.807, 2.05) is 0 Å². The third kappa shape index (κ3) is 2.66. The second-order valence-electron chi connectivity index (χ2n) is 2.29. The van der Waals surface area contributed by atoms with Gasteiger partial charge in [0.05, 0.1) is 5.69 Å². The van der Waals surface area contributed by atoms with Crippen molar-refractivity contribution in [1.29, 1.82) is 0 Å². The van der Waals surface area contributed by atoms with Crippen LogP contribution in [0.25, 0.3) is 0 Å². The van der Waals surface area contributed by atoms with E-state index in [1.54, 1.807) is 17.1 Å². The maximum atomic E-state index is 9.53. The van der Waals surface area contributed by atoms with Gasteiger partial charge in [0.15, 0.2) is 5.13 Å². The van der Waals surface area contributed by atoms with Crippen LogP contribution in [0.2, 0.25) is 0 Å². The van der Waals surface area contributed by atoms with Crippen molar-refractivity contribution in [3.05, 3.63) is 11.1 Å². The van der Waals surface area contributed by atoms with Crippen LogP contribution >= 0.6 is 23.1 Å². The number of thioether (sulfide) groups is 1. The fraction of sp³-hybridized carbons (Fsp3) is 0.571. The largest absolute Gasteiger partial charge is 0.386 e. The van der Waals surface area contributed by atoms with Crippen LogP contribution in [0.15, 0.2) is 5.38 Å². The highest BCUT2D eigenvalue weighted by Gasteiger charge is 2.09. The van der Waals surface area contributed by atoms with Crippen LogP contribution in [0, 0.1) is 0 Å². The van der Waals surface area contributed by atoms with Gasteiger partial charge in [-0.15, -0.1) is 11.3 Å². The maximum Gasteiger partial charge on any atom is 0.180 e. The molecule has 1 aromatic heterocycles. The molecule has 12 heavy (non-hydrogen) atoms. The monoisotopic (exact) mass is 204 g/mol. The topological polar surface area (TPSA) is 59.1 Å². The maximum absolute atomic E-state index is 9.53. The lowest BCUT2D eigenvalue weighted by atomic mass is 10.3. The van der Waals surface area contributed by atoms with Gasteiger partial charge in [-0.2, -0.15) is 11.8 Å². The zero-order valence-electron chi connectivity index (χ0n) is 6.86. The van der Waals surface area contributed by atoms with E-state index in [9.17, 15) is 5.11 Å². The number of thiazole rings is 1. The van der Waals surface area contributed by atoms with Crippen LogP contribution in [0.4, 0.5) is 5.13 Å². The van der Waals surface area contributed by atoms with Gasteiger partial charge in [0.1, 0.15) is 6.10 Å². The van der Waals surface area contributed by atoms with E-state index in [0.717, 1.165) is 5.75 Å². The molecule has 3 N–H and O–H groups in total. The third-order valence-electron chi connectivity index (χ3n) is 1.36. The van der Waals surface area contributed by atoms with Crippen molar-refractivity contribution in [2.24, 2.45) is 0 Å². The molecule has 1 aromatic rings. The van der Waals surface area contributed by atoms with Crippen molar-refractivity contribution in [3.8, 4) is 0 Å². The predicted molar refractivity (Wildman–Crippen MR) is 54.5 cm³/mol. The Balaban J connectivity index is 2.47. The number of aliphatic hydroxyl groups is 1. The number of rotatable bonds is 4. The molecule has 0 aromatic carbocycles.